The Morgan fingerprint density at radius 2 is 2.06 bits per heavy atom. The minimum absolute atomic E-state index is 0.0779. The van der Waals surface area contributed by atoms with Crippen LogP contribution in [0.2, 0.25) is 5.02 Å². The Bertz CT molecular complexity index is 1490. The van der Waals surface area contributed by atoms with Gasteiger partial charge in [0, 0.05) is 17.2 Å². The maximum absolute atomic E-state index is 13.5. The lowest BCUT2D eigenvalue weighted by molar-refractivity contribution is -0.384. The van der Waals surface area contributed by atoms with Gasteiger partial charge in [0.2, 0.25) is 0 Å². The second-order valence-corrected chi connectivity index (χ2v) is 8.59. The van der Waals surface area contributed by atoms with Crippen LogP contribution in [-0.4, -0.2) is 22.1 Å². The normalized spacial score (nSPS) is 15.7. The largest absolute Gasteiger partial charge is 0.463 e. The Labute approximate surface area is 196 Å². The van der Waals surface area contributed by atoms with E-state index in [0.29, 0.717) is 31.2 Å². The summed E-state index contributed by atoms with van der Waals surface area (Å²) in [5, 5.41) is 11.5. The summed E-state index contributed by atoms with van der Waals surface area (Å²) in [7, 11) is 0. The molecule has 3 aromatic rings. The zero-order chi connectivity index (χ0) is 23.7. The molecule has 0 saturated heterocycles. The van der Waals surface area contributed by atoms with Gasteiger partial charge in [-0.25, -0.2) is 9.79 Å². The third-order valence-electron chi connectivity index (χ3n) is 5.10. The molecule has 0 spiro atoms. The summed E-state index contributed by atoms with van der Waals surface area (Å²) in [6.07, 6.45) is 1.57. The van der Waals surface area contributed by atoms with Crippen LogP contribution in [0, 0.1) is 10.1 Å². The number of esters is 1. The molecule has 1 atom stereocenters. The maximum atomic E-state index is 13.5. The first kappa shape index (κ1) is 22.6. The highest BCUT2D eigenvalue weighted by atomic mass is 35.5. The van der Waals surface area contributed by atoms with Gasteiger partial charge in [0.15, 0.2) is 4.80 Å². The number of benzene rings is 2. The fourth-order valence-electron chi connectivity index (χ4n) is 3.66. The average molecular weight is 484 g/mol. The molecule has 2 aromatic carbocycles. The topological polar surface area (TPSA) is 104 Å². The van der Waals surface area contributed by atoms with Gasteiger partial charge >= 0.3 is 5.97 Å². The molecule has 2 heterocycles. The van der Waals surface area contributed by atoms with Crippen LogP contribution in [-0.2, 0) is 9.53 Å². The highest BCUT2D eigenvalue weighted by Gasteiger charge is 2.34. The van der Waals surface area contributed by atoms with E-state index in [1.807, 2.05) is 0 Å². The zero-order valence-corrected chi connectivity index (χ0v) is 19.2. The standard InChI is InChI=1S/C23H18ClN3O5S/c1-3-32-22(29)19-13(2)25-23-26(20(19)16-9-4-5-10-17(16)24)21(28)18(33-23)12-14-7-6-8-15(11-14)27(30)31/h4-12,20H,3H2,1-2H3/b18-12-/t20-/m1/s1. The highest BCUT2D eigenvalue weighted by Crippen LogP contribution is 2.34. The van der Waals surface area contributed by atoms with Crippen LogP contribution in [0.5, 0.6) is 0 Å². The molecule has 8 nitrogen and oxygen atoms in total. The van der Waals surface area contributed by atoms with Crippen molar-refractivity contribution in [3.05, 3.63) is 106 Å². The predicted octanol–water partition coefficient (Wildman–Crippen LogP) is 3.36. The van der Waals surface area contributed by atoms with E-state index in [4.69, 9.17) is 16.3 Å². The molecular weight excluding hydrogens is 466 g/mol. The maximum Gasteiger partial charge on any atom is 0.338 e. The molecule has 0 unspecified atom stereocenters. The Hall–Kier alpha value is -3.56. The van der Waals surface area contributed by atoms with Gasteiger partial charge in [-0.05, 0) is 37.1 Å². The van der Waals surface area contributed by atoms with Crippen molar-refractivity contribution in [1.82, 2.24) is 4.57 Å². The third kappa shape index (κ3) is 4.24. The fraction of sp³-hybridized carbons (Fsp3) is 0.174. The van der Waals surface area contributed by atoms with Gasteiger partial charge in [0.25, 0.3) is 11.2 Å². The molecule has 1 aromatic heterocycles. The monoisotopic (exact) mass is 483 g/mol. The number of hydrogen-bond donors (Lipinski definition) is 0. The average Bonchev–Trinajstić information content (AvgIpc) is 3.08. The number of nitro groups is 1. The summed E-state index contributed by atoms with van der Waals surface area (Å²) in [4.78, 5) is 41.9. The number of carbonyl (C=O) groups is 1. The first-order valence-corrected chi connectivity index (χ1v) is 11.2. The molecule has 0 N–H and O–H groups in total. The van der Waals surface area contributed by atoms with Crippen molar-refractivity contribution >= 4 is 40.7 Å². The summed E-state index contributed by atoms with van der Waals surface area (Å²) < 4.78 is 7.00. The highest BCUT2D eigenvalue weighted by molar-refractivity contribution is 7.07. The lowest BCUT2D eigenvalue weighted by Gasteiger charge is -2.25. The van der Waals surface area contributed by atoms with Crippen LogP contribution in [0.25, 0.3) is 6.08 Å². The Morgan fingerprint density at radius 1 is 1.30 bits per heavy atom. The number of nitro benzene ring substituents is 1. The minimum Gasteiger partial charge on any atom is -0.463 e. The van der Waals surface area contributed by atoms with E-state index in [1.165, 1.54) is 16.7 Å². The first-order valence-electron chi connectivity index (χ1n) is 10.0. The van der Waals surface area contributed by atoms with E-state index in [-0.39, 0.29) is 23.4 Å². The minimum atomic E-state index is -0.818. The quantitative estimate of drug-likeness (QED) is 0.314. The molecule has 4 rings (SSSR count). The molecule has 0 radical (unpaired) electrons. The van der Waals surface area contributed by atoms with Crippen LogP contribution in [0.3, 0.4) is 0 Å². The van der Waals surface area contributed by atoms with Crippen molar-refractivity contribution in [2.45, 2.75) is 19.9 Å². The number of aromatic nitrogens is 1. The van der Waals surface area contributed by atoms with Gasteiger partial charge in [-0.1, -0.05) is 53.3 Å². The number of ether oxygens (including phenoxy) is 1. The number of thiazole rings is 1. The second-order valence-electron chi connectivity index (χ2n) is 7.18. The van der Waals surface area contributed by atoms with Crippen LogP contribution < -0.4 is 14.9 Å². The molecule has 1 aliphatic rings. The molecule has 0 aliphatic carbocycles. The molecule has 0 fully saturated rings. The van der Waals surface area contributed by atoms with E-state index >= 15 is 0 Å². The summed E-state index contributed by atoms with van der Waals surface area (Å²) in [6.45, 7) is 3.56. The lowest BCUT2D eigenvalue weighted by atomic mass is 9.96. The molecule has 0 saturated carbocycles. The summed E-state index contributed by atoms with van der Waals surface area (Å²) >= 11 is 7.60. The number of rotatable bonds is 5. The molecule has 0 bridgehead atoms. The Morgan fingerprint density at radius 3 is 2.76 bits per heavy atom. The third-order valence-corrected chi connectivity index (χ3v) is 6.42. The molecule has 10 heteroatoms. The van der Waals surface area contributed by atoms with E-state index in [2.05, 4.69) is 4.99 Å². The van der Waals surface area contributed by atoms with Crippen molar-refractivity contribution in [3.63, 3.8) is 0 Å². The van der Waals surface area contributed by atoms with Crippen LogP contribution in [0.15, 0.2) is 69.6 Å². The summed E-state index contributed by atoms with van der Waals surface area (Å²) in [6, 6.07) is 12.2. The van der Waals surface area contributed by atoms with Crippen molar-refractivity contribution < 1.29 is 14.5 Å². The van der Waals surface area contributed by atoms with Gasteiger partial charge in [-0.3, -0.25) is 19.5 Å². The number of fused-ring (bicyclic) bond motifs is 1. The number of allylic oxidation sites excluding steroid dienone is 1. The van der Waals surface area contributed by atoms with Crippen LogP contribution >= 0.6 is 22.9 Å². The Kier molecular flexibility index (Phi) is 6.26. The zero-order valence-electron chi connectivity index (χ0n) is 17.6. The predicted molar refractivity (Wildman–Crippen MR) is 125 cm³/mol. The first-order chi connectivity index (χ1) is 15.8. The second kappa shape index (κ2) is 9.13. The van der Waals surface area contributed by atoms with Crippen LogP contribution in [0.4, 0.5) is 5.69 Å². The number of carbonyl (C=O) groups excluding carboxylic acids is 1. The lowest BCUT2D eigenvalue weighted by Crippen LogP contribution is -2.40. The smallest absolute Gasteiger partial charge is 0.338 e. The summed E-state index contributed by atoms with van der Waals surface area (Å²) in [5.74, 6) is -0.573. The van der Waals surface area contributed by atoms with Crippen molar-refractivity contribution in [3.8, 4) is 0 Å². The van der Waals surface area contributed by atoms with Crippen molar-refractivity contribution in [2.24, 2.45) is 4.99 Å². The molecule has 1 aliphatic heterocycles. The number of hydrogen-bond acceptors (Lipinski definition) is 7. The van der Waals surface area contributed by atoms with Crippen LogP contribution in [0.1, 0.15) is 31.0 Å². The van der Waals surface area contributed by atoms with Crippen molar-refractivity contribution in [2.75, 3.05) is 6.61 Å². The van der Waals surface area contributed by atoms with E-state index in [1.54, 1.807) is 56.3 Å². The Balaban J connectivity index is 1.96. The van der Waals surface area contributed by atoms with Gasteiger partial charge in [-0.2, -0.15) is 0 Å². The van der Waals surface area contributed by atoms with Gasteiger partial charge in [0.1, 0.15) is 6.04 Å². The molecule has 168 valence electrons. The molecular formula is C23H18ClN3O5S. The number of halogens is 1. The fourth-order valence-corrected chi connectivity index (χ4v) is 4.95. The summed E-state index contributed by atoms with van der Waals surface area (Å²) in [5.41, 5.74) is 1.28. The number of nitrogens with zero attached hydrogens (tertiary/aromatic N) is 3. The SMILES string of the molecule is CCOC(=O)C1=C(C)N=c2s/c(=C\c3cccc([N+](=O)[O-])c3)c(=O)n2[C@@H]1c1ccccc1Cl. The van der Waals surface area contributed by atoms with Gasteiger partial charge in [-0.15, -0.1) is 0 Å². The van der Waals surface area contributed by atoms with E-state index < -0.39 is 16.9 Å². The van der Waals surface area contributed by atoms with Gasteiger partial charge < -0.3 is 4.74 Å². The van der Waals surface area contributed by atoms with Gasteiger partial charge in [0.05, 0.1) is 27.3 Å². The van der Waals surface area contributed by atoms with E-state index in [9.17, 15) is 19.7 Å². The van der Waals surface area contributed by atoms with E-state index in [0.717, 1.165) is 11.3 Å². The number of non-ortho nitro benzene ring substituents is 1. The molecule has 0 amide bonds. The molecule has 33 heavy (non-hydrogen) atoms. The van der Waals surface area contributed by atoms with Crippen molar-refractivity contribution in [1.29, 1.82) is 0 Å².